The Kier molecular flexibility index (Phi) is 4.30. The maximum Gasteiger partial charge on any atom is 0.228 e. The number of aryl methyl sites for hydroxylation is 4. The van der Waals surface area contributed by atoms with Crippen molar-refractivity contribution in [2.75, 3.05) is 23.3 Å². The van der Waals surface area contributed by atoms with E-state index in [9.17, 15) is 4.79 Å². The van der Waals surface area contributed by atoms with Gasteiger partial charge in [-0.2, -0.15) is 0 Å². The third kappa shape index (κ3) is 3.05. The number of anilines is 2. The average molecular weight is 398 g/mol. The van der Waals surface area contributed by atoms with Crippen molar-refractivity contribution < 1.29 is 9.32 Å². The molecule has 0 atom stereocenters. The van der Waals surface area contributed by atoms with Crippen LogP contribution >= 0.6 is 11.3 Å². The lowest BCUT2D eigenvalue weighted by Gasteiger charge is -2.32. The van der Waals surface area contributed by atoms with E-state index in [0.717, 1.165) is 48.8 Å². The number of carbonyl (C=O) groups is 1. The lowest BCUT2D eigenvalue weighted by molar-refractivity contribution is -0.120. The van der Waals surface area contributed by atoms with Gasteiger partial charge < -0.3 is 14.7 Å². The van der Waals surface area contributed by atoms with Crippen molar-refractivity contribution >= 4 is 39.1 Å². The standard InChI is InChI=1S/C20H23N5O2S/c1-11-10-16(24-27-11)23-19(26)13-6-8-25(9-7-13)18-17-14-4-3-5-15(14)28-20(17)22-12(2)21-18/h10,13H,3-9H2,1-2H3,(H,23,24,26). The lowest BCUT2D eigenvalue weighted by Crippen LogP contribution is -2.38. The van der Waals surface area contributed by atoms with E-state index < -0.39 is 0 Å². The van der Waals surface area contributed by atoms with Crippen molar-refractivity contribution in [3.8, 4) is 0 Å². The Morgan fingerprint density at radius 2 is 2.07 bits per heavy atom. The van der Waals surface area contributed by atoms with Gasteiger partial charge in [-0.05, 0) is 51.5 Å². The minimum atomic E-state index is -0.0140. The van der Waals surface area contributed by atoms with Crippen molar-refractivity contribution in [3.63, 3.8) is 0 Å². The SMILES string of the molecule is Cc1nc(N2CCC(C(=O)Nc3cc(C)on3)CC2)c2c3c(sc2n1)CCC3. The second-order valence-corrected chi connectivity index (χ2v) is 8.79. The van der Waals surface area contributed by atoms with Crippen LogP contribution in [0.25, 0.3) is 10.2 Å². The van der Waals surface area contributed by atoms with E-state index in [-0.39, 0.29) is 11.8 Å². The highest BCUT2D eigenvalue weighted by molar-refractivity contribution is 7.19. The summed E-state index contributed by atoms with van der Waals surface area (Å²) in [4.78, 5) is 27.0. The first-order valence-electron chi connectivity index (χ1n) is 9.86. The number of rotatable bonds is 3. The first-order valence-corrected chi connectivity index (χ1v) is 10.7. The molecule has 146 valence electrons. The fourth-order valence-electron chi connectivity index (χ4n) is 4.32. The molecule has 0 bridgehead atoms. The molecule has 0 unspecified atom stereocenters. The molecule has 1 amide bonds. The summed E-state index contributed by atoms with van der Waals surface area (Å²) < 4.78 is 5.02. The minimum absolute atomic E-state index is 0.0140. The number of nitrogens with one attached hydrogen (secondary N) is 1. The summed E-state index contributed by atoms with van der Waals surface area (Å²) in [7, 11) is 0. The molecule has 0 spiro atoms. The van der Waals surface area contributed by atoms with Gasteiger partial charge >= 0.3 is 0 Å². The maximum atomic E-state index is 12.6. The van der Waals surface area contributed by atoms with Gasteiger partial charge in [-0.25, -0.2) is 9.97 Å². The Morgan fingerprint density at radius 3 is 2.82 bits per heavy atom. The summed E-state index contributed by atoms with van der Waals surface area (Å²) in [5.74, 6) is 3.08. The van der Waals surface area contributed by atoms with Crippen LogP contribution in [0.1, 0.15) is 41.3 Å². The van der Waals surface area contributed by atoms with Crippen molar-refractivity contribution in [1.82, 2.24) is 15.1 Å². The van der Waals surface area contributed by atoms with Gasteiger partial charge in [0.1, 0.15) is 22.2 Å². The quantitative estimate of drug-likeness (QED) is 0.726. The first-order chi connectivity index (χ1) is 13.6. The van der Waals surface area contributed by atoms with Crippen LogP contribution in [0.5, 0.6) is 0 Å². The van der Waals surface area contributed by atoms with E-state index >= 15 is 0 Å². The lowest BCUT2D eigenvalue weighted by atomic mass is 9.95. The van der Waals surface area contributed by atoms with Crippen LogP contribution in [0.2, 0.25) is 0 Å². The summed E-state index contributed by atoms with van der Waals surface area (Å²) in [6.45, 7) is 5.43. The predicted molar refractivity (Wildman–Crippen MR) is 109 cm³/mol. The summed E-state index contributed by atoms with van der Waals surface area (Å²) in [5, 5.41) is 7.97. The van der Waals surface area contributed by atoms with Crippen LogP contribution in [0.4, 0.5) is 11.6 Å². The Labute approximate surface area is 167 Å². The topological polar surface area (TPSA) is 84.2 Å². The number of carbonyl (C=O) groups excluding carboxylic acids is 1. The average Bonchev–Trinajstić information content (AvgIpc) is 3.37. The molecule has 0 aromatic carbocycles. The molecule has 5 rings (SSSR count). The van der Waals surface area contributed by atoms with Gasteiger partial charge in [-0.3, -0.25) is 4.79 Å². The van der Waals surface area contributed by atoms with E-state index in [1.807, 2.05) is 25.2 Å². The second-order valence-electron chi connectivity index (χ2n) is 7.71. The number of piperidine rings is 1. The highest BCUT2D eigenvalue weighted by Crippen LogP contribution is 2.41. The molecule has 0 saturated carbocycles. The molecule has 2 aliphatic rings. The van der Waals surface area contributed by atoms with E-state index in [2.05, 4.69) is 20.4 Å². The Bertz CT molecular complexity index is 1050. The van der Waals surface area contributed by atoms with Gasteiger partial charge in [-0.15, -0.1) is 11.3 Å². The molecule has 7 nitrogen and oxygen atoms in total. The van der Waals surface area contributed by atoms with Crippen molar-refractivity contribution in [2.45, 2.75) is 46.0 Å². The molecule has 1 N–H and O–H groups in total. The molecular formula is C20H23N5O2S. The molecule has 3 aromatic rings. The first kappa shape index (κ1) is 17.6. The molecule has 28 heavy (non-hydrogen) atoms. The molecule has 1 aliphatic heterocycles. The van der Waals surface area contributed by atoms with Crippen molar-refractivity contribution in [2.24, 2.45) is 5.92 Å². The summed E-state index contributed by atoms with van der Waals surface area (Å²) >= 11 is 1.83. The number of hydrogen-bond acceptors (Lipinski definition) is 7. The summed E-state index contributed by atoms with van der Waals surface area (Å²) in [6, 6.07) is 1.74. The fourth-order valence-corrected chi connectivity index (χ4v) is 5.62. The molecular weight excluding hydrogens is 374 g/mol. The number of hydrogen-bond donors (Lipinski definition) is 1. The van der Waals surface area contributed by atoms with E-state index in [1.54, 1.807) is 6.07 Å². The molecule has 3 aromatic heterocycles. The highest BCUT2D eigenvalue weighted by atomic mass is 32.1. The van der Waals surface area contributed by atoms with Gasteiger partial charge in [0.15, 0.2) is 5.82 Å². The predicted octanol–water partition coefficient (Wildman–Crippen LogP) is 3.64. The Balaban J connectivity index is 1.34. The van der Waals surface area contributed by atoms with E-state index in [1.165, 1.54) is 28.7 Å². The van der Waals surface area contributed by atoms with Gasteiger partial charge in [0.05, 0.1) is 5.39 Å². The number of thiophene rings is 1. The normalized spacial score (nSPS) is 17.3. The van der Waals surface area contributed by atoms with Crippen LogP contribution in [-0.2, 0) is 17.6 Å². The van der Waals surface area contributed by atoms with Crippen LogP contribution < -0.4 is 10.2 Å². The zero-order chi connectivity index (χ0) is 19.3. The zero-order valence-corrected chi connectivity index (χ0v) is 16.9. The highest BCUT2D eigenvalue weighted by Gasteiger charge is 2.29. The van der Waals surface area contributed by atoms with Gasteiger partial charge in [-0.1, -0.05) is 5.16 Å². The minimum Gasteiger partial charge on any atom is -0.360 e. The van der Waals surface area contributed by atoms with Crippen molar-refractivity contribution in [3.05, 3.63) is 28.1 Å². The van der Waals surface area contributed by atoms with Crippen LogP contribution in [0.15, 0.2) is 10.6 Å². The van der Waals surface area contributed by atoms with E-state index in [4.69, 9.17) is 9.51 Å². The van der Waals surface area contributed by atoms with Crippen molar-refractivity contribution in [1.29, 1.82) is 0 Å². The molecule has 0 radical (unpaired) electrons. The van der Waals surface area contributed by atoms with Crippen LogP contribution in [-0.4, -0.2) is 34.1 Å². The smallest absolute Gasteiger partial charge is 0.228 e. The zero-order valence-electron chi connectivity index (χ0n) is 16.1. The Hall–Kier alpha value is -2.48. The summed E-state index contributed by atoms with van der Waals surface area (Å²) in [5.41, 5.74) is 1.45. The number of amides is 1. The molecule has 4 heterocycles. The summed E-state index contributed by atoms with van der Waals surface area (Å²) in [6.07, 6.45) is 5.14. The molecule has 1 aliphatic carbocycles. The van der Waals surface area contributed by atoms with Crippen LogP contribution in [0, 0.1) is 19.8 Å². The maximum absolute atomic E-state index is 12.6. The third-order valence-electron chi connectivity index (χ3n) is 5.70. The second kappa shape index (κ2) is 6.84. The molecule has 1 fully saturated rings. The molecule has 1 saturated heterocycles. The van der Waals surface area contributed by atoms with Gasteiger partial charge in [0.25, 0.3) is 0 Å². The van der Waals surface area contributed by atoms with Gasteiger partial charge in [0, 0.05) is 30.0 Å². The number of nitrogens with zero attached hydrogens (tertiary/aromatic N) is 4. The number of fused-ring (bicyclic) bond motifs is 3. The number of aromatic nitrogens is 3. The monoisotopic (exact) mass is 397 g/mol. The fraction of sp³-hybridized carbons (Fsp3) is 0.500. The largest absolute Gasteiger partial charge is 0.360 e. The van der Waals surface area contributed by atoms with E-state index in [0.29, 0.717) is 11.6 Å². The Morgan fingerprint density at radius 1 is 1.25 bits per heavy atom. The van der Waals surface area contributed by atoms with Gasteiger partial charge in [0.2, 0.25) is 5.91 Å². The molecule has 8 heteroatoms. The van der Waals surface area contributed by atoms with Crippen LogP contribution in [0.3, 0.4) is 0 Å². The third-order valence-corrected chi connectivity index (χ3v) is 6.89.